The van der Waals surface area contributed by atoms with E-state index in [9.17, 15) is 4.79 Å². The number of hydrogen-bond donors (Lipinski definition) is 0. The zero-order valence-electron chi connectivity index (χ0n) is 10.3. The zero-order valence-corrected chi connectivity index (χ0v) is 10.3. The van der Waals surface area contributed by atoms with Gasteiger partial charge in [-0.3, -0.25) is 4.79 Å². The van der Waals surface area contributed by atoms with Crippen molar-refractivity contribution in [3.8, 4) is 12.3 Å². The molecule has 1 saturated carbocycles. The first-order valence-corrected chi connectivity index (χ1v) is 6.36. The van der Waals surface area contributed by atoms with Crippen molar-refractivity contribution in [2.75, 3.05) is 6.61 Å². The van der Waals surface area contributed by atoms with E-state index in [4.69, 9.17) is 11.2 Å². The van der Waals surface area contributed by atoms with Gasteiger partial charge in [0.1, 0.15) is 5.60 Å². The van der Waals surface area contributed by atoms with Gasteiger partial charge in [0.2, 0.25) is 0 Å². The van der Waals surface area contributed by atoms with Crippen LogP contribution in [0.3, 0.4) is 0 Å². The summed E-state index contributed by atoms with van der Waals surface area (Å²) in [7, 11) is 0. The van der Waals surface area contributed by atoms with Gasteiger partial charge in [-0.1, -0.05) is 19.3 Å². The van der Waals surface area contributed by atoms with Crippen LogP contribution in [0.15, 0.2) is 0 Å². The zero-order chi connectivity index (χ0) is 11.9. The number of rotatable bonds is 6. The van der Waals surface area contributed by atoms with Gasteiger partial charge in [-0.15, -0.1) is 12.3 Å². The van der Waals surface area contributed by atoms with Crippen LogP contribution in [-0.2, 0) is 9.53 Å². The summed E-state index contributed by atoms with van der Waals surface area (Å²) in [6.07, 6.45) is 12.5. The van der Waals surface area contributed by atoms with Crippen molar-refractivity contribution in [3.63, 3.8) is 0 Å². The van der Waals surface area contributed by atoms with Crippen LogP contribution in [0.2, 0.25) is 0 Å². The molecule has 1 fully saturated rings. The first-order chi connectivity index (χ1) is 7.75. The van der Waals surface area contributed by atoms with E-state index in [1.807, 2.05) is 6.92 Å². The average Bonchev–Trinajstić information content (AvgIpc) is 2.31. The van der Waals surface area contributed by atoms with Crippen LogP contribution in [-0.4, -0.2) is 18.0 Å². The van der Waals surface area contributed by atoms with E-state index in [0.29, 0.717) is 19.4 Å². The SMILES string of the molecule is C#CCCCC(=O)C1(OCC)CCCCC1. The first kappa shape index (κ1) is 13.3. The van der Waals surface area contributed by atoms with Crippen molar-refractivity contribution in [3.05, 3.63) is 0 Å². The second-order valence-electron chi connectivity index (χ2n) is 4.47. The largest absolute Gasteiger partial charge is 0.368 e. The lowest BCUT2D eigenvalue weighted by molar-refractivity contribution is -0.149. The Hall–Kier alpha value is -0.810. The monoisotopic (exact) mass is 222 g/mol. The molecule has 2 nitrogen and oxygen atoms in total. The van der Waals surface area contributed by atoms with Gasteiger partial charge in [0.15, 0.2) is 5.78 Å². The summed E-state index contributed by atoms with van der Waals surface area (Å²) in [6, 6.07) is 0. The molecule has 0 spiro atoms. The summed E-state index contributed by atoms with van der Waals surface area (Å²) < 4.78 is 5.76. The van der Waals surface area contributed by atoms with Crippen molar-refractivity contribution < 1.29 is 9.53 Å². The topological polar surface area (TPSA) is 26.3 Å². The minimum atomic E-state index is -0.471. The number of ether oxygens (including phenoxy) is 1. The van der Waals surface area contributed by atoms with Gasteiger partial charge in [0, 0.05) is 19.4 Å². The van der Waals surface area contributed by atoms with E-state index >= 15 is 0 Å². The number of unbranched alkanes of at least 4 members (excludes halogenated alkanes) is 1. The summed E-state index contributed by atoms with van der Waals surface area (Å²) in [5, 5.41) is 0. The molecule has 1 aliphatic rings. The molecular formula is C14H22O2. The Morgan fingerprint density at radius 2 is 2.06 bits per heavy atom. The Kier molecular flexibility index (Phi) is 5.55. The molecule has 0 saturated heterocycles. The second kappa shape index (κ2) is 6.70. The van der Waals surface area contributed by atoms with Crippen molar-refractivity contribution >= 4 is 5.78 Å². The van der Waals surface area contributed by atoms with Crippen LogP contribution in [0.25, 0.3) is 0 Å². The summed E-state index contributed by atoms with van der Waals surface area (Å²) in [5.41, 5.74) is -0.471. The number of terminal acetylenes is 1. The third-order valence-electron chi connectivity index (χ3n) is 3.31. The van der Waals surface area contributed by atoms with Crippen LogP contribution in [0, 0.1) is 12.3 Å². The van der Waals surface area contributed by atoms with Gasteiger partial charge in [0.25, 0.3) is 0 Å². The minimum absolute atomic E-state index is 0.268. The Morgan fingerprint density at radius 1 is 1.38 bits per heavy atom. The van der Waals surface area contributed by atoms with E-state index in [-0.39, 0.29) is 5.78 Å². The number of ketones is 1. The molecule has 0 aromatic rings. The molecule has 1 rings (SSSR count). The fourth-order valence-electron chi connectivity index (χ4n) is 2.48. The third-order valence-corrected chi connectivity index (χ3v) is 3.31. The van der Waals surface area contributed by atoms with Crippen molar-refractivity contribution in [1.82, 2.24) is 0 Å². The summed E-state index contributed by atoms with van der Waals surface area (Å²) in [4.78, 5) is 12.2. The molecular weight excluding hydrogens is 200 g/mol. The molecule has 0 bridgehead atoms. The highest BCUT2D eigenvalue weighted by molar-refractivity contribution is 5.87. The van der Waals surface area contributed by atoms with Gasteiger partial charge in [0.05, 0.1) is 0 Å². The minimum Gasteiger partial charge on any atom is -0.368 e. The van der Waals surface area contributed by atoms with Gasteiger partial charge >= 0.3 is 0 Å². The standard InChI is InChI=1S/C14H22O2/c1-3-5-7-10-13(15)14(16-4-2)11-8-6-9-12-14/h1H,4-12H2,2H3. The second-order valence-corrected chi connectivity index (χ2v) is 4.47. The Bertz CT molecular complexity index is 251. The lowest BCUT2D eigenvalue weighted by Crippen LogP contribution is -2.43. The fraction of sp³-hybridized carbons (Fsp3) is 0.786. The number of Topliss-reactive ketones (excluding diaryl/α,β-unsaturated/α-hetero) is 1. The summed E-state index contributed by atoms with van der Waals surface area (Å²) in [6.45, 7) is 2.59. The maximum atomic E-state index is 12.2. The molecule has 0 aromatic carbocycles. The third kappa shape index (κ3) is 3.35. The van der Waals surface area contributed by atoms with Crippen LogP contribution in [0.5, 0.6) is 0 Å². The maximum absolute atomic E-state index is 12.2. The maximum Gasteiger partial charge on any atom is 0.164 e. The van der Waals surface area contributed by atoms with Gasteiger partial charge < -0.3 is 4.74 Å². The molecule has 2 heteroatoms. The van der Waals surface area contributed by atoms with Crippen molar-refractivity contribution in [1.29, 1.82) is 0 Å². The molecule has 1 aliphatic carbocycles. The summed E-state index contributed by atoms with van der Waals surface area (Å²) in [5.74, 6) is 2.85. The van der Waals surface area contributed by atoms with Crippen LogP contribution >= 0.6 is 0 Å². The molecule has 90 valence electrons. The van der Waals surface area contributed by atoms with E-state index < -0.39 is 5.60 Å². The highest BCUT2D eigenvalue weighted by Gasteiger charge is 2.39. The number of carbonyl (C=O) groups is 1. The predicted molar refractivity (Wildman–Crippen MR) is 65.1 cm³/mol. The van der Waals surface area contributed by atoms with Gasteiger partial charge in [-0.2, -0.15) is 0 Å². The Balaban J connectivity index is 2.54. The smallest absolute Gasteiger partial charge is 0.164 e. The van der Waals surface area contributed by atoms with Crippen molar-refractivity contribution in [2.24, 2.45) is 0 Å². The number of hydrogen-bond acceptors (Lipinski definition) is 2. The fourth-order valence-corrected chi connectivity index (χ4v) is 2.48. The molecule has 0 N–H and O–H groups in total. The average molecular weight is 222 g/mol. The molecule has 0 heterocycles. The van der Waals surface area contributed by atoms with E-state index in [0.717, 1.165) is 32.1 Å². The summed E-state index contributed by atoms with van der Waals surface area (Å²) >= 11 is 0. The molecule has 16 heavy (non-hydrogen) atoms. The molecule has 0 radical (unpaired) electrons. The van der Waals surface area contributed by atoms with E-state index in [2.05, 4.69) is 5.92 Å². The van der Waals surface area contributed by atoms with Crippen LogP contribution in [0.4, 0.5) is 0 Å². The normalized spacial score (nSPS) is 19.0. The predicted octanol–water partition coefficient (Wildman–Crippen LogP) is 3.10. The highest BCUT2D eigenvalue weighted by Crippen LogP contribution is 2.33. The Morgan fingerprint density at radius 3 is 2.62 bits per heavy atom. The molecule has 0 amide bonds. The lowest BCUT2D eigenvalue weighted by atomic mass is 9.80. The molecule has 0 atom stereocenters. The Labute approximate surface area is 98.8 Å². The van der Waals surface area contributed by atoms with Gasteiger partial charge in [-0.05, 0) is 26.2 Å². The van der Waals surface area contributed by atoms with E-state index in [1.165, 1.54) is 6.42 Å². The van der Waals surface area contributed by atoms with Crippen LogP contribution in [0.1, 0.15) is 58.3 Å². The van der Waals surface area contributed by atoms with Crippen LogP contribution < -0.4 is 0 Å². The molecule has 0 aromatic heterocycles. The lowest BCUT2D eigenvalue weighted by Gasteiger charge is -2.35. The van der Waals surface area contributed by atoms with Crippen molar-refractivity contribution in [2.45, 2.75) is 63.9 Å². The molecule has 0 aliphatic heterocycles. The highest BCUT2D eigenvalue weighted by atomic mass is 16.5. The molecule has 0 unspecified atom stereocenters. The quantitative estimate of drug-likeness (QED) is 0.510. The van der Waals surface area contributed by atoms with Gasteiger partial charge in [-0.25, -0.2) is 0 Å². The van der Waals surface area contributed by atoms with E-state index in [1.54, 1.807) is 0 Å². The first-order valence-electron chi connectivity index (χ1n) is 6.36. The number of carbonyl (C=O) groups excluding carboxylic acids is 1.